The first kappa shape index (κ1) is 14.0. The minimum atomic E-state index is -0.238. The van der Waals surface area contributed by atoms with Crippen LogP contribution in [0.15, 0.2) is 34.1 Å². The van der Waals surface area contributed by atoms with Gasteiger partial charge in [-0.05, 0) is 36.7 Å². The van der Waals surface area contributed by atoms with Gasteiger partial charge in [0.1, 0.15) is 11.9 Å². The molecular weight excluding hydrogens is 330 g/mol. The predicted octanol–water partition coefficient (Wildman–Crippen LogP) is 2.50. The van der Waals surface area contributed by atoms with Gasteiger partial charge in [0.25, 0.3) is 5.91 Å². The van der Waals surface area contributed by atoms with Crippen LogP contribution in [0.3, 0.4) is 0 Å². The largest absolute Gasteiger partial charge is 0.489 e. The SMILES string of the molecule is CC(CNC(=O)c1csnn1)Oc1cccc(Br)c1. The summed E-state index contributed by atoms with van der Waals surface area (Å²) in [6.45, 7) is 2.29. The lowest BCUT2D eigenvalue weighted by molar-refractivity contribution is 0.0927. The molecule has 0 saturated carbocycles. The van der Waals surface area contributed by atoms with E-state index in [1.165, 1.54) is 0 Å². The fourth-order valence-electron chi connectivity index (χ4n) is 1.40. The Morgan fingerprint density at radius 2 is 2.42 bits per heavy atom. The second-order valence-electron chi connectivity index (χ2n) is 3.89. The number of hydrogen-bond acceptors (Lipinski definition) is 5. The van der Waals surface area contributed by atoms with E-state index in [1.807, 2.05) is 31.2 Å². The summed E-state index contributed by atoms with van der Waals surface area (Å²) in [7, 11) is 0. The number of aromatic nitrogens is 2. The van der Waals surface area contributed by atoms with Crippen LogP contribution in [-0.2, 0) is 0 Å². The molecule has 0 aliphatic heterocycles. The van der Waals surface area contributed by atoms with Crippen molar-refractivity contribution in [1.29, 1.82) is 0 Å². The highest BCUT2D eigenvalue weighted by Crippen LogP contribution is 2.18. The number of halogens is 1. The van der Waals surface area contributed by atoms with Gasteiger partial charge >= 0.3 is 0 Å². The van der Waals surface area contributed by atoms with Gasteiger partial charge in [0.2, 0.25) is 0 Å². The van der Waals surface area contributed by atoms with Crippen LogP contribution in [0.5, 0.6) is 5.75 Å². The molecule has 1 N–H and O–H groups in total. The zero-order valence-electron chi connectivity index (χ0n) is 10.2. The van der Waals surface area contributed by atoms with Gasteiger partial charge in [0.05, 0.1) is 6.54 Å². The number of rotatable bonds is 5. The molecule has 1 aromatic carbocycles. The van der Waals surface area contributed by atoms with E-state index < -0.39 is 0 Å². The Morgan fingerprint density at radius 1 is 1.58 bits per heavy atom. The lowest BCUT2D eigenvalue weighted by Gasteiger charge is -2.15. The maximum absolute atomic E-state index is 11.6. The van der Waals surface area contributed by atoms with Crippen molar-refractivity contribution in [3.05, 3.63) is 39.8 Å². The molecule has 0 bridgehead atoms. The number of ether oxygens (including phenoxy) is 1. The van der Waals surface area contributed by atoms with E-state index >= 15 is 0 Å². The molecule has 0 saturated heterocycles. The normalized spacial score (nSPS) is 11.9. The van der Waals surface area contributed by atoms with Crippen molar-refractivity contribution in [2.75, 3.05) is 6.54 Å². The third-order valence-corrected chi connectivity index (χ3v) is 3.27. The molecule has 7 heteroatoms. The highest BCUT2D eigenvalue weighted by atomic mass is 79.9. The maximum Gasteiger partial charge on any atom is 0.272 e. The molecule has 2 aromatic rings. The fourth-order valence-corrected chi connectivity index (χ4v) is 2.22. The highest BCUT2D eigenvalue weighted by Gasteiger charge is 2.11. The van der Waals surface area contributed by atoms with E-state index in [0.29, 0.717) is 12.2 Å². The van der Waals surface area contributed by atoms with Crippen LogP contribution in [0.25, 0.3) is 0 Å². The average Bonchev–Trinajstić information content (AvgIpc) is 2.90. The van der Waals surface area contributed by atoms with Crippen molar-refractivity contribution in [2.24, 2.45) is 0 Å². The topological polar surface area (TPSA) is 64.1 Å². The first-order valence-corrected chi connectivity index (χ1v) is 7.25. The molecule has 0 aliphatic carbocycles. The molecule has 2 rings (SSSR count). The maximum atomic E-state index is 11.6. The molecule has 1 amide bonds. The Balaban J connectivity index is 1.82. The Bertz CT molecular complexity index is 548. The molecule has 0 aliphatic rings. The Labute approximate surface area is 123 Å². The van der Waals surface area contributed by atoms with E-state index in [1.54, 1.807) is 5.38 Å². The number of hydrogen-bond donors (Lipinski definition) is 1. The van der Waals surface area contributed by atoms with E-state index in [4.69, 9.17) is 4.74 Å². The number of benzene rings is 1. The summed E-state index contributed by atoms with van der Waals surface area (Å²) in [5.74, 6) is 0.518. The van der Waals surface area contributed by atoms with Crippen molar-refractivity contribution in [3.63, 3.8) is 0 Å². The number of amides is 1. The van der Waals surface area contributed by atoms with Crippen molar-refractivity contribution >= 4 is 33.4 Å². The Morgan fingerprint density at radius 3 is 3.11 bits per heavy atom. The summed E-state index contributed by atoms with van der Waals surface area (Å²) in [4.78, 5) is 11.6. The molecule has 100 valence electrons. The van der Waals surface area contributed by atoms with Gasteiger partial charge in [-0.15, -0.1) is 5.10 Å². The van der Waals surface area contributed by atoms with Gasteiger partial charge in [0, 0.05) is 9.85 Å². The molecule has 1 aromatic heterocycles. The molecule has 1 unspecified atom stereocenters. The number of nitrogens with one attached hydrogen (secondary N) is 1. The Kier molecular flexibility index (Phi) is 4.86. The first-order valence-electron chi connectivity index (χ1n) is 5.62. The fraction of sp³-hybridized carbons (Fsp3) is 0.250. The number of carbonyl (C=O) groups is 1. The summed E-state index contributed by atoms with van der Waals surface area (Å²) in [6, 6.07) is 7.57. The molecule has 5 nitrogen and oxygen atoms in total. The summed E-state index contributed by atoms with van der Waals surface area (Å²) >= 11 is 4.52. The summed E-state index contributed by atoms with van der Waals surface area (Å²) in [5.41, 5.74) is 0.333. The molecule has 1 heterocycles. The molecule has 0 fully saturated rings. The van der Waals surface area contributed by atoms with Gasteiger partial charge in [-0.3, -0.25) is 4.79 Å². The summed E-state index contributed by atoms with van der Waals surface area (Å²) in [5, 5.41) is 8.05. The predicted molar refractivity (Wildman–Crippen MR) is 76.5 cm³/mol. The van der Waals surface area contributed by atoms with Gasteiger partial charge in [-0.1, -0.05) is 26.5 Å². The van der Waals surface area contributed by atoms with Crippen LogP contribution in [0.2, 0.25) is 0 Å². The van der Waals surface area contributed by atoms with Crippen LogP contribution >= 0.6 is 27.5 Å². The van der Waals surface area contributed by atoms with Gasteiger partial charge in [-0.2, -0.15) is 0 Å². The van der Waals surface area contributed by atoms with E-state index in [-0.39, 0.29) is 12.0 Å². The number of carbonyl (C=O) groups excluding carboxylic acids is 1. The molecule has 0 spiro atoms. The zero-order valence-corrected chi connectivity index (χ0v) is 12.6. The van der Waals surface area contributed by atoms with Crippen molar-refractivity contribution < 1.29 is 9.53 Å². The quantitative estimate of drug-likeness (QED) is 0.907. The standard InChI is InChI=1S/C12H12BrN3O2S/c1-8(18-10-4-2-3-9(13)5-10)6-14-12(17)11-7-19-16-15-11/h2-5,7-8H,6H2,1H3,(H,14,17). The average molecular weight is 342 g/mol. The molecule has 0 radical (unpaired) electrons. The van der Waals surface area contributed by atoms with E-state index in [0.717, 1.165) is 21.8 Å². The van der Waals surface area contributed by atoms with E-state index in [2.05, 4.69) is 30.8 Å². The smallest absolute Gasteiger partial charge is 0.272 e. The molecule has 19 heavy (non-hydrogen) atoms. The van der Waals surface area contributed by atoms with E-state index in [9.17, 15) is 4.79 Å². The Hall–Kier alpha value is -1.47. The van der Waals surface area contributed by atoms with Crippen LogP contribution in [0.1, 0.15) is 17.4 Å². The zero-order chi connectivity index (χ0) is 13.7. The van der Waals surface area contributed by atoms with Crippen molar-refractivity contribution in [3.8, 4) is 5.75 Å². The molecule has 1 atom stereocenters. The minimum absolute atomic E-state index is 0.134. The summed E-state index contributed by atoms with van der Waals surface area (Å²) < 4.78 is 10.3. The van der Waals surface area contributed by atoms with Crippen LogP contribution in [0, 0.1) is 0 Å². The van der Waals surface area contributed by atoms with Crippen molar-refractivity contribution in [1.82, 2.24) is 14.9 Å². The van der Waals surface area contributed by atoms with Gasteiger partial charge in [0.15, 0.2) is 5.69 Å². The second-order valence-corrected chi connectivity index (χ2v) is 5.41. The number of nitrogens with zero attached hydrogens (tertiary/aromatic N) is 2. The lowest BCUT2D eigenvalue weighted by atomic mass is 10.3. The van der Waals surface area contributed by atoms with Crippen LogP contribution in [0.4, 0.5) is 0 Å². The van der Waals surface area contributed by atoms with Gasteiger partial charge in [-0.25, -0.2) is 0 Å². The van der Waals surface area contributed by atoms with Gasteiger partial charge < -0.3 is 10.1 Å². The third-order valence-electron chi connectivity index (χ3n) is 2.28. The monoisotopic (exact) mass is 341 g/mol. The molecular formula is C12H12BrN3O2S. The second kappa shape index (κ2) is 6.63. The lowest BCUT2D eigenvalue weighted by Crippen LogP contribution is -2.33. The summed E-state index contributed by atoms with van der Waals surface area (Å²) in [6.07, 6.45) is -0.134. The minimum Gasteiger partial charge on any atom is -0.489 e. The van der Waals surface area contributed by atoms with Crippen LogP contribution in [-0.4, -0.2) is 28.1 Å². The first-order chi connectivity index (χ1) is 9.15. The highest BCUT2D eigenvalue weighted by molar-refractivity contribution is 9.10. The third kappa shape index (κ3) is 4.29. The van der Waals surface area contributed by atoms with Crippen molar-refractivity contribution in [2.45, 2.75) is 13.0 Å². The van der Waals surface area contributed by atoms with Crippen LogP contribution < -0.4 is 10.1 Å².